The Labute approximate surface area is 137 Å². The average Bonchev–Trinajstić information content (AvgIpc) is 2.57. The van der Waals surface area contributed by atoms with Crippen molar-refractivity contribution in [2.45, 2.75) is 33.1 Å². The summed E-state index contributed by atoms with van der Waals surface area (Å²) < 4.78 is 15.3. The second-order valence-corrected chi connectivity index (χ2v) is 4.98. The number of hydrogen-bond acceptors (Lipinski definition) is 5. The summed E-state index contributed by atoms with van der Waals surface area (Å²) in [5.74, 6) is -0.198. The van der Waals surface area contributed by atoms with Gasteiger partial charge in [-0.15, -0.1) is 0 Å². The Balaban J connectivity index is 2.89. The Morgan fingerprint density at radius 1 is 1.00 bits per heavy atom. The molecule has 0 amide bonds. The minimum Gasteiger partial charge on any atom is -0.497 e. The molecule has 0 aliphatic rings. The molecular weight excluding hydrogens is 296 g/mol. The number of carbonyl (C=O) groups excluding carboxylic acids is 2. The van der Waals surface area contributed by atoms with Gasteiger partial charge in [-0.1, -0.05) is 26.0 Å². The van der Waals surface area contributed by atoms with Crippen LogP contribution in [-0.4, -0.2) is 32.3 Å². The van der Waals surface area contributed by atoms with Crippen LogP contribution in [0.5, 0.6) is 5.75 Å². The summed E-state index contributed by atoms with van der Waals surface area (Å²) in [4.78, 5) is 23.9. The lowest BCUT2D eigenvalue weighted by atomic mass is 10.1. The van der Waals surface area contributed by atoms with Crippen molar-refractivity contribution in [2.75, 3.05) is 20.3 Å². The lowest BCUT2D eigenvalue weighted by Gasteiger charge is -2.08. The fourth-order valence-electron chi connectivity index (χ4n) is 1.79. The second-order valence-electron chi connectivity index (χ2n) is 4.98. The van der Waals surface area contributed by atoms with Crippen LogP contribution in [0.2, 0.25) is 0 Å². The van der Waals surface area contributed by atoms with Gasteiger partial charge in [0, 0.05) is 5.57 Å². The largest absolute Gasteiger partial charge is 0.497 e. The number of benzene rings is 1. The SMILES string of the molecule is CCCOC(=O)CC(=Cc1ccc(OC)cc1)C(=O)OCCC. The molecule has 0 saturated heterocycles. The molecular formula is C18H24O5. The molecule has 1 rings (SSSR count). The molecule has 1 aromatic carbocycles. The summed E-state index contributed by atoms with van der Waals surface area (Å²) in [5, 5.41) is 0. The summed E-state index contributed by atoms with van der Waals surface area (Å²) in [6.45, 7) is 4.49. The minimum absolute atomic E-state index is 0.103. The normalized spacial score (nSPS) is 11.0. The molecule has 126 valence electrons. The van der Waals surface area contributed by atoms with Crippen LogP contribution < -0.4 is 4.74 Å². The molecule has 0 heterocycles. The van der Waals surface area contributed by atoms with Crippen LogP contribution in [0.1, 0.15) is 38.7 Å². The third-order valence-corrected chi connectivity index (χ3v) is 2.96. The van der Waals surface area contributed by atoms with Gasteiger partial charge in [-0.05, 0) is 36.6 Å². The van der Waals surface area contributed by atoms with Crippen molar-refractivity contribution in [1.82, 2.24) is 0 Å². The molecule has 5 nitrogen and oxygen atoms in total. The molecule has 0 atom stereocenters. The highest BCUT2D eigenvalue weighted by Crippen LogP contribution is 2.16. The van der Waals surface area contributed by atoms with E-state index in [4.69, 9.17) is 14.2 Å². The van der Waals surface area contributed by atoms with Crippen LogP contribution in [0, 0.1) is 0 Å². The van der Waals surface area contributed by atoms with Crippen molar-refractivity contribution in [3.05, 3.63) is 35.4 Å². The quantitative estimate of drug-likeness (QED) is 0.515. The number of hydrogen-bond donors (Lipinski definition) is 0. The summed E-state index contributed by atoms with van der Waals surface area (Å²) >= 11 is 0. The first-order valence-corrected chi connectivity index (χ1v) is 7.78. The summed E-state index contributed by atoms with van der Waals surface area (Å²) in [5.41, 5.74) is 1.07. The molecule has 0 unspecified atom stereocenters. The van der Waals surface area contributed by atoms with Crippen LogP contribution in [-0.2, 0) is 19.1 Å². The van der Waals surface area contributed by atoms with Crippen LogP contribution in [0.3, 0.4) is 0 Å². The predicted octanol–water partition coefficient (Wildman–Crippen LogP) is 3.38. The van der Waals surface area contributed by atoms with Gasteiger partial charge in [0.1, 0.15) is 5.75 Å². The van der Waals surface area contributed by atoms with Crippen molar-refractivity contribution in [2.24, 2.45) is 0 Å². The van der Waals surface area contributed by atoms with Crippen LogP contribution in [0.4, 0.5) is 0 Å². The molecule has 0 aliphatic heterocycles. The van der Waals surface area contributed by atoms with E-state index >= 15 is 0 Å². The van der Waals surface area contributed by atoms with E-state index in [1.54, 1.807) is 25.3 Å². The van der Waals surface area contributed by atoms with Crippen molar-refractivity contribution >= 4 is 18.0 Å². The number of ether oxygens (including phenoxy) is 3. The van der Waals surface area contributed by atoms with Crippen molar-refractivity contribution in [3.63, 3.8) is 0 Å². The Bertz CT molecular complexity index is 531. The van der Waals surface area contributed by atoms with Crippen molar-refractivity contribution in [3.8, 4) is 5.75 Å². The molecule has 0 aromatic heterocycles. The van der Waals surface area contributed by atoms with E-state index in [9.17, 15) is 9.59 Å². The van der Waals surface area contributed by atoms with Gasteiger partial charge in [-0.3, -0.25) is 4.79 Å². The summed E-state index contributed by atoms with van der Waals surface area (Å²) in [6.07, 6.45) is 3.00. The highest BCUT2D eigenvalue weighted by atomic mass is 16.5. The first kappa shape index (κ1) is 18.7. The Kier molecular flexibility index (Phi) is 8.50. The van der Waals surface area contributed by atoms with Gasteiger partial charge in [-0.2, -0.15) is 0 Å². The van der Waals surface area contributed by atoms with Crippen LogP contribution in [0.15, 0.2) is 29.8 Å². The Morgan fingerprint density at radius 2 is 1.61 bits per heavy atom. The maximum absolute atomic E-state index is 12.1. The summed E-state index contributed by atoms with van der Waals surface area (Å²) in [7, 11) is 1.59. The van der Waals surface area contributed by atoms with Crippen LogP contribution >= 0.6 is 0 Å². The predicted molar refractivity (Wildman–Crippen MR) is 88.1 cm³/mol. The van der Waals surface area contributed by atoms with E-state index in [-0.39, 0.29) is 12.0 Å². The zero-order valence-electron chi connectivity index (χ0n) is 14.0. The first-order valence-electron chi connectivity index (χ1n) is 7.78. The van der Waals surface area contributed by atoms with E-state index in [0.29, 0.717) is 13.2 Å². The monoisotopic (exact) mass is 320 g/mol. The molecule has 0 spiro atoms. The molecule has 0 bridgehead atoms. The van der Waals surface area contributed by atoms with Gasteiger partial charge in [0.15, 0.2) is 0 Å². The zero-order chi connectivity index (χ0) is 17.1. The molecule has 0 radical (unpaired) electrons. The molecule has 5 heteroatoms. The molecule has 0 aliphatic carbocycles. The van der Waals surface area contributed by atoms with Gasteiger partial charge in [0.25, 0.3) is 0 Å². The second kappa shape index (κ2) is 10.4. The Hall–Kier alpha value is -2.30. The van der Waals surface area contributed by atoms with Crippen LogP contribution in [0.25, 0.3) is 6.08 Å². The number of carbonyl (C=O) groups is 2. The third-order valence-electron chi connectivity index (χ3n) is 2.96. The van der Waals surface area contributed by atoms with Crippen molar-refractivity contribution < 1.29 is 23.8 Å². The molecule has 0 saturated carbocycles. The van der Waals surface area contributed by atoms with Gasteiger partial charge in [0.2, 0.25) is 0 Å². The topological polar surface area (TPSA) is 61.8 Å². The zero-order valence-corrected chi connectivity index (χ0v) is 14.0. The highest BCUT2D eigenvalue weighted by molar-refractivity contribution is 5.98. The standard InChI is InChI=1S/C18H24O5/c1-4-10-22-17(19)13-15(18(20)23-11-5-2)12-14-6-8-16(21-3)9-7-14/h6-9,12H,4-5,10-11,13H2,1-3H3. The first-order chi connectivity index (χ1) is 11.1. The van der Waals surface area contributed by atoms with Gasteiger partial charge < -0.3 is 14.2 Å². The van der Waals surface area contributed by atoms with Crippen molar-refractivity contribution in [1.29, 1.82) is 0 Å². The number of rotatable bonds is 9. The fourth-order valence-corrected chi connectivity index (χ4v) is 1.79. The maximum atomic E-state index is 12.1. The fraction of sp³-hybridized carbons (Fsp3) is 0.444. The smallest absolute Gasteiger partial charge is 0.334 e. The lowest BCUT2D eigenvalue weighted by molar-refractivity contribution is -0.146. The van der Waals surface area contributed by atoms with E-state index in [0.717, 1.165) is 24.2 Å². The average molecular weight is 320 g/mol. The highest BCUT2D eigenvalue weighted by Gasteiger charge is 2.16. The number of esters is 2. The summed E-state index contributed by atoms with van der Waals surface area (Å²) in [6, 6.07) is 7.19. The minimum atomic E-state index is -0.490. The Morgan fingerprint density at radius 3 is 2.17 bits per heavy atom. The molecule has 23 heavy (non-hydrogen) atoms. The van der Waals surface area contributed by atoms with Gasteiger partial charge >= 0.3 is 11.9 Å². The van der Waals surface area contributed by atoms with E-state index < -0.39 is 11.9 Å². The third kappa shape index (κ3) is 7.00. The molecule has 1 aromatic rings. The van der Waals surface area contributed by atoms with E-state index in [1.807, 2.05) is 26.0 Å². The number of methoxy groups -OCH3 is 1. The molecule has 0 N–H and O–H groups in total. The maximum Gasteiger partial charge on any atom is 0.334 e. The van der Waals surface area contributed by atoms with E-state index in [1.165, 1.54) is 0 Å². The van der Waals surface area contributed by atoms with Gasteiger partial charge in [0.05, 0.1) is 26.7 Å². The van der Waals surface area contributed by atoms with Gasteiger partial charge in [-0.25, -0.2) is 4.79 Å². The lowest BCUT2D eigenvalue weighted by Crippen LogP contribution is -2.14. The molecule has 0 fully saturated rings. The van der Waals surface area contributed by atoms with E-state index in [2.05, 4.69) is 0 Å².